The summed E-state index contributed by atoms with van der Waals surface area (Å²) < 4.78 is 0. The minimum Gasteiger partial charge on any atom is -0.350 e. The third kappa shape index (κ3) is 4.32. The van der Waals surface area contributed by atoms with Crippen molar-refractivity contribution in [3.63, 3.8) is 0 Å². The largest absolute Gasteiger partial charge is 0.350 e. The first-order chi connectivity index (χ1) is 15.9. The van der Waals surface area contributed by atoms with E-state index in [-0.39, 0.29) is 17.9 Å². The molecule has 1 aliphatic carbocycles. The molecule has 170 valence electrons. The van der Waals surface area contributed by atoms with Gasteiger partial charge >= 0.3 is 0 Å². The van der Waals surface area contributed by atoms with E-state index in [4.69, 9.17) is 0 Å². The molecule has 2 amide bonds. The molecule has 6 heteroatoms. The number of nitrogens with one attached hydrogen (secondary N) is 1. The van der Waals surface area contributed by atoms with Gasteiger partial charge in [-0.05, 0) is 61.8 Å². The van der Waals surface area contributed by atoms with Crippen LogP contribution in [0.25, 0.3) is 10.4 Å². The van der Waals surface area contributed by atoms with Crippen LogP contribution in [0.15, 0.2) is 48.5 Å². The van der Waals surface area contributed by atoms with Crippen LogP contribution in [-0.2, 0) is 6.42 Å². The van der Waals surface area contributed by atoms with Gasteiger partial charge in [-0.25, -0.2) is 4.98 Å². The molecule has 1 saturated carbocycles. The first-order valence-electron chi connectivity index (χ1n) is 11.7. The van der Waals surface area contributed by atoms with Crippen molar-refractivity contribution >= 4 is 23.2 Å². The summed E-state index contributed by atoms with van der Waals surface area (Å²) in [6, 6.07) is 16.0. The Kier molecular flexibility index (Phi) is 5.79. The quantitative estimate of drug-likeness (QED) is 0.571. The molecule has 0 spiro atoms. The number of benzene rings is 2. The fourth-order valence-electron chi connectivity index (χ4n) is 4.95. The minimum atomic E-state index is -0.0842. The van der Waals surface area contributed by atoms with Gasteiger partial charge in [-0.2, -0.15) is 0 Å². The summed E-state index contributed by atoms with van der Waals surface area (Å²) in [5.41, 5.74) is 4.60. The molecule has 2 aromatic carbocycles. The van der Waals surface area contributed by atoms with E-state index in [9.17, 15) is 9.59 Å². The standard InChI is InChI=1S/C27H29N3O2S/c1-4-18-8-10-19(11-9-18)26(31)28-14-23-22-13-21(22)15-30(23)27(32)24-25(33-17(3)29-24)20-7-5-6-16(2)12-20/h5-12,21-23H,4,13-15H2,1-3H3,(H,28,31)/t21-,22-,23+/m0/s1. The van der Waals surface area contributed by atoms with Crippen molar-refractivity contribution in [2.75, 3.05) is 13.1 Å². The van der Waals surface area contributed by atoms with Crippen molar-refractivity contribution in [1.29, 1.82) is 0 Å². The molecule has 1 aromatic heterocycles. The van der Waals surface area contributed by atoms with Gasteiger partial charge in [0.15, 0.2) is 0 Å². The van der Waals surface area contributed by atoms with Crippen molar-refractivity contribution in [1.82, 2.24) is 15.2 Å². The van der Waals surface area contributed by atoms with Gasteiger partial charge < -0.3 is 10.2 Å². The zero-order valence-corrected chi connectivity index (χ0v) is 20.1. The predicted octanol–water partition coefficient (Wildman–Crippen LogP) is 4.88. The Morgan fingerprint density at radius 3 is 2.67 bits per heavy atom. The topological polar surface area (TPSA) is 62.3 Å². The van der Waals surface area contributed by atoms with Gasteiger partial charge in [-0.3, -0.25) is 9.59 Å². The number of nitrogens with zero attached hydrogens (tertiary/aromatic N) is 2. The lowest BCUT2D eigenvalue weighted by molar-refractivity contribution is 0.0690. The van der Waals surface area contributed by atoms with Gasteiger partial charge in [-0.1, -0.05) is 48.9 Å². The van der Waals surface area contributed by atoms with E-state index in [1.807, 2.05) is 48.2 Å². The smallest absolute Gasteiger partial charge is 0.274 e. The second-order valence-electron chi connectivity index (χ2n) is 9.23. The Balaban J connectivity index is 1.33. The zero-order chi connectivity index (χ0) is 23.1. The van der Waals surface area contributed by atoms with Crippen LogP contribution in [-0.4, -0.2) is 40.8 Å². The molecule has 1 saturated heterocycles. The van der Waals surface area contributed by atoms with Crippen LogP contribution >= 0.6 is 11.3 Å². The number of hydrogen-bond donors (Lipinski definition) is 1. The summed E-state index contributed by atoms with van der Waals surface area (Å²) in [6.45, 7) is 7.33. The van der Waals surface area contributed by atoms with Gasteiger partial charge in [0.05, 0.1) is 15.9 Å². The van der Waals surface area contributed by atoms with Crippen molar-refractivity contribution in [2.24, 2.45) is 11.8 Å². The van der Waals surface area contributed by atoms with E-state index in [0.29, 0.717) is 29.6 Å². The number of rotatable bonds is 6. The molecule has 5 rings (SSSR count). The molecule has 3 atom stereocenters. The Morgan fingerprint density at radius 1 is 1.15 bits per heavy atom. The molecule has 0 unspecified atom stereocenters. The fraction of sp³-hybridized carbons (Fsp3) is 0.370. The number of hydrogen-bond acceptors (Lipinski definition) is 4. The third-order valence-corrected chi connectivity index (χ3v) is 7.90. The van der Waals surface area contributed by atoms with Crippen LogP contribution in [0.1, 0.15) is 50.3 Å². The molecular formula is C27H29N3O2S. The van der Waals surface area contributed by atoms with E-state index in [2.05, 4.69) is 36.3 Å². The van der Waals surface area contributed by atoms with Crippen molar-refractivity contribution in [3.05, 3.63) is 75.9 Å². The Bertz CT molecular complexity index is 1200. The molecule has 1 aliphatic heterocycles. The van der Waals surface area contributed by atoms with Crippen LogP contribution in [0.5, 0.6) is 0 Å². The minimum absolute atomic E-state index is 0.0189. The maximum atomic E-state index is 13.7. The lowest BCUT2D eigenvalue weighted by atomic mass is 10.1. The van der Waals surface area contributed by atoms with E-state index in [0.717, 1.165) is 40.4 Å². The van der Waals surface area contributed by atoms with Crippen LogP contribution < -0.4 is 5.32 Å². The molecule has 0 radical (unpaired) electrons. The lowest BCUT2D eigenvalue weighted by Gasteiger charge is -2.27. The second-order valence-corrected chi connectivity index (χ2v) is 10.4. The maximum absolute atomic E-state index is 13.7. The molecule has 2 aliphatic rings. The van der Waals surface area contributed by atoms with Crippen LogP contribution in [0.3, 0.4) is 0 Å². The SMILES string of the molecule is CCc1ccc(C(=O)NC[C@@H]2[C@H]3C[C@H]3CN2C(=O)c2nc(C)sc2-c2cccc(C)c2)cc1. The number of carbonyl (C=O) groups excluding carboxylic acids is 2. The summed E-state index contributed by atoms with van der Waals surface area (Å²) >= 11 is 1.57. The predicted molar refractivity (Wildman–Crippen MR) is 132 cm³/mol. The lowest BCUT2D eigenvalue weighted by Crippen LogP contribution is -2.45. The second kappa shape index (κ2) is 8.75. The number of piperidine rings is 1. The van der Waals surface area contributed by atoms with Gasteiger partial charge in [0.1, 0.15) is 5.69 Å². The molecule has 2 fully saturated rings. The third-order valence-electron chi connectivity index (χ3n) is 6.88. The average Bonchev–Trinajstić information content (AvgIpc) is 3.33. The highest BCUT2D eigenvalue weighted by Crippen LogP contribution is 2.50. The number of carbonyl (C=O) groups is 2. The molecule has 0 bridgehead atoms. The number of thiazole rings is 1. The number of fused-ring (bicyclic) bond motifs is 1. The van der Waals surface area contributed by atoms with E-state index >= 15 is 0 Å². The molecule has 3 aromatic rings. The van der Waals surface area contributed by atoms with E-state index < -0.39 is 0 Å². The Hall–Kier alpha value is -2.99. The van der Waals surface area contributed by atoms with Gasteiger partial charge in [-0.15, -0.1) is 11.3 Å². The summed E-state index contributed by atoms with van der Waals surface area (Å²) in [7, 11) is 0. The number of amides is 2. The first kappa shape index (κ1) is 21.8. The fourth-order valence-corrected chi connectivity index (χ4v) is 5.85. The molecule has 33 heavy (non-hydrogen) atoms. The van der Waals surface area contributed by atoms with Crippen LogP contribution in [0.4, 0.5) is 0 Å². The zero-order valence-electron chi connectivity index (χ0n) is 19.3. The van der Waals surface area contributed by atoms with Crippen molar-refractivity contribution in [2.45, 2.75) is 39.7 Å². The summed E-state index contributed by atoms with van der Waals surface area (Å²) in [4.78, 5) is 33.9. The first-order valence-corrected chi connectivity index (χ1v) is 12.5. The highest BCUT2D eigenvalue weighted by atomic mass is 32.1. The average molecular weight is 460 g/mol. The molecule has 1 N–H and O–H groups in total. The Morgan fingerprint density at radius 2 is 1.94 bits per heavy atom. The highest BCUT2D eigenvalue weighted by Gasteiger charge is 2.54. The van der Waals surface area contributed by atoms with Gasteiger partial charge in [0, 0.05) is 18.7 Å². The summed E-state index contributed by atoms with van der Waals surface area (Å²) in [5, 5.41) is 3.97. The monoisotopic (exact) mass is 459 g/mol. The van der Waals surface area contributed by atoms with Gasteiger partial charge in [0.2, 0.25) is 0 Å². The number of aryl methyl sites for hydroxylation is 3. The van der Waals surface area contributed by atoms with Crippen molar-refractivity contribution < 1.29 is 9.59 Å². The van der Waals surface area contributed by atoms with Crippen LogP contribution in [0, 0.1) is 25.7 Å². The normalized spacial score (nSPS) is 21.1. The van der Waals surface area contributed by atoms with E-state index in [1.54, 1.807) is 11.3 Å². The summed E-state index contributed by atoms with van der Waals surface area (Å²) in [6.07, 6.45) is 2.08. The van der Waals surface area contributed by atoms with Gasteiger partial charge in [0.25, 0.3) is 11.8 Å². The van der Waals surface area contributed by atoms with Crippen molar-refractivity contribution in [3.8, 4) is 10.4 Å². The molecular weight excluding hydrogens is 430 g/mol. The maximum Gasteiger partial charge on any atom is 0.274 e. The highest BCUT2D eigenvalue weighted by molar-refractivity contribution is 7.15. The summed E-state index contributed by atoms with van der Waals surface area (Å²) in [5.74, 6) is 0.912. The number of likely N-dealkylation sites (tertiary alicyclic amines) is 1. The molecule has 5 nitrogen and oxygen atoms in total. The molecule has 2 heterocycles. The van der Waals surface area contributed by atoms with Crippen LogP contribution in [0.2, 0.25) is 0 Å². The Labute approximate surface area is 198 Å². The number of aromatic nitrogens is 1. The van der Waals surface area contributed by atoms with E-state index in [1.165, 1.54) is 5.56 Å².